The number of sulfonamides is 1. The molecule has 0 aliphatic heterocycles. The third kappa shape index (κ3) is 4.40. The Hall–Kier alpha value is -1.70. The summed E-state index contributed by atoms with van der Waals surface area (Å²) in [5.41, 5.74) is 0.588. The molecule has 0 aliphatic carbocycles. The fourth-order valence-electron chi connectivity index (χ4n) is 1.77. The minimum absolute atomic E-state index is 0.122. The number of carbonyl (C=O) groups is 1. The molecule has 2 aromatic rings. The van der Waals surface area contributed by atoms with E-state index in [0.717, 1.165) is 4.47 Å². The van der Waals surface area contributed by atoms with Crippen LogP contribution in [0.5, 0.6) is 0 Å². The van der Waals surface area contributed by atoms with Crippen molar-refractivity contribution in [1.29, 1.82) is 0 Å². The van der Waals surface area contributed by atoms with E-state index in [2.05, 4.69) is 26.0 Å². The molecule has 0 fully saturated rings. The molecule has 1 atom stereocenters. The molecule has 2 aromatic carbocycles. The average molecular weight is 383 g/mol. The summed E-state index contributed by atoms with van der Waals surface area (Å²) in [5, 5.41) is 2.66. The third-order valence-corrected chi connectivity index (χ3v) is 4.92. The van der Waals surface area contributed by atoms with Crippen molar-refractivity contribution in [1.82, 2.24) is 4.72 Å². The quantitative estimate of drug-likeness (QED) is 0.834. The summed E-state index contributed by atoms with van der Waals surface area (Å²) in [6.07, 6.45) is 0. The number of halogens is 1. The van der Waals surface area contributed by atoms with Crippen molar-refractivity contribution in [3.05, 3.63) is 59.1 Å². The van der Waals surface area contributed by atoms with Gasteiger partial charge in [-0.05, 0) is 37.3 Å². The molecule has 2 rings (SSSR count). The fourth-order valence-corrected chi connectivity index (χ4v) is 3.39. The molecule has 2 N–H and O–H groups in total. The SMILES string of the molecule is C[C@H](NS(=O)(=O)c1ccccc1)C(=O)Nc1cccc(Br)c1. The van der Waals surface area contributed by atoms with Crippen LogP contribution in [-0.2, 0) is 14.8 Å². The molecule has 0 radical (unpaired) electrons. The molecular weight excluding hydrogens is 368 g/mol. The van der Waals surface area contributed by atoms with E-state index < -0.39 is 22.0 Å². The predicted molar refractivity (Wildman–Crippen MR) is 89.0 cm³/mol. The van der Waals surface area contributed by atoms with Gasteiger partial charge in [0.25, 0.3) is 0 Å². The van der Waals surface area contributed by atoms with E-state index >= 15 is 0 Å². The van der Waals surface area contributed by atoms with Crippen molar-refractivity contribution >= 4 is 37.5 Å². The third-order valence-electron chi connectivity index (χ3n) is 2.87. The van der Waals surface area contributed by atoms with Crippen molar-refractivity contribution in [2.45, 2.75) is 17.9 Å². The van der Waals surface area contributed by atoms with Crippen LogP contribution in [0.25, 0.3) is 0 Å². The monoisotopic (exact) mass is 382 g/mol. The van der Waals surface area contributed by atoms with E-state index in [-0.39, 0.29) is 4.90 Å². The Balaban J connectivity index is 2.05. The highest BCUT2D eigenvalue weighted by molar-refractivity contribution is 9.10. The lowest BCUT2D eigenvalue weighted by molar-refractivity contribution is -0.117. The molecule has 0 unspecified atom stereocenters. The van der Waals surface area contributed by atoms with Gasteiger partial charge in [0.1, 0.15) is 0 Å². The van der Waals surface area contributed by atoms with E-state index in [1.54, 1.807) is 36.4 Å². The van der Waals surface area contributed by atoms with E-state index in [4.69, 9.17) is 0 Å². The molecule has 0 aromatic heterocycles. The molecule has 0 saturated carbocycles. The molecule has 0 saturated heterocycles. The number of hydrogen-bond acceptors (Lipinski definition) is 3. The van der Waals surface area contributed by atoms with Gasteiger partial charge in [-0.15, -0.1) is 0 Å². The summed E-state index contributed by atoms with van der Waals surface area (Å²) < 4.78 is 27.5. The number of nitrogens with one attached hydrogen (secondary N) is 2. The zero-order valence-electron chi connectivity index (χ0n) is 11.8. The maximum absolute atomic E-state index is 12.2. The van der Waals surface area contributed by atoms with Crippen molar-refractivity contribution in [2.24, 2.45) is 0 Å². The minimum Gasteiger partial charge on any atom is -0.325 e. The second kappa shape index (κ2) is 7.04. The second-order valence-corrected chi connectivity index (χ2v) is 7.29. The molecule has 0 aliphatic rings. The first-order valence-corrected chi connectivity index (χ1v) is 8.80. The van der Waals surface area contributed by atoms with Gasteiger partial charge in [0, 0.05) is 10.2 Å². The maximum atomic E-state index is 12.2. The Morgan fingerprint density at radius 3 is 2.41 bits per heavy atom. The Labute approximate surface area is 137 Å². The second-order valence-electron chi connectivity index (χ2n) is 4.66. The number of rotatable bonds is 5. The number of carbonyl (C=O) groups excluding carboxylic acids is 1. The molecule has 7 heteroatoms. The summed E-state index contributed by atoms with van der Waals surface area (Å²) in [7, 11) is -3.73. The van der Waals surface area contributed by atoms with Gasteiger partial charge in [-0.2, -0.15) is 4.72 Å². The van der Waals surface area contributed by atoms with Crippen LogP contribution in [0.1, 0.15) is 6.92 Å². The number of anilines is 1. The van der Waals surface area contributed by atoms with E-state index in [1.807, 2.05) is 6.07 Å². The highest BCUT2D eigenvalue weighted by Crippen LogP contribution is 2.16. The van der Waals surface area contributed by atoms with Gasteiger partial charge in [0.15, 0.2) is 0 Å². The van der Waals surface area contributed by atoms with Gasteiger partial charge in [-0.1, -0.05) is 40.2 Å². The standard InChI is InChI=1S/C15H15BrN2O3S/c1-11(15(19)17-13-7-5-6-12(16)10-13)18-22(20,21)14-8-3-2-4-9-14/h2-11,18H,1H3,(H,17,19)/t11-/m0/s1. The molecule has 116 valence electrons. The number of hydrogen-bond donors (Lipinski definition) is 2. The summed E-state index contributed by atoms with van der Waals surface area (Å²) in [5.74, 6) is -0.433. The molecule has 0 spiro atoms. The van der Waals surface area contributed by atoms with Crippen LogP contribution in [0.2, 0.25) is 0 Å². The van der Waals surface area contributed by atoms with E-state index in [1.165, 1.54) is 19.1 Å². The Morgan fingerprint density at radius 1 is 1.09 bits per heavy atom. The van der Waals surface area contributed by atoms with Crippen molar-refractivity contribution in [3.8, 4) is 0 Å². The number of benzene rings is 2. The Morgan fingerprint density at radius 2 is 1.77 bits per heavy atom. The van der Waals surface area contributed by atoms with Crippen LogP contribution in [0.4, 0.5) is 5.69 Å². The average Bonchev–Trinajstić information content (AvgIpc) is 2.47. The summed E-state index contributed by atoms with van der Waals surface area (Å²) in [6.45, 7) is 1.49. The van der Waals surface area contributed by atoms with E-state index in [0.29, 0.717) is 5.69 Å². The van der Waals surface area contributed by atoms with Gasteiger partial charge < -0.3 is 5.32 Å². The van der Waals surface area contributed by atoms with Crippen LogP contribution in [-0.4, -0.2) is 20.4 Å². The zero-order chi connectivity index (χ0) is 16.2. The fraction of sp³-hybridized carbons (Fsp3) is 0.133. The smallest absolute Gasteiger partial charge is 0.242 e. The first-order chi connectivity index (χ1) is 10.4. The van der Waals surface area contributed by atoms with Gasteiger partial charge in [-0.25, -0.2) is 8.42 Å². The molecule has 1 amide bonds. The predicted octanol–water partition coefficient (Wildman–Crippen LogP) is 2.75. The summed E-state index contributed by atoms with van der Waals surface area (Å²) in [6, 6.07) is 14.1. The lowest BCUT2D eigenvalue weighted by Gasteiger charge is -2.14. The maximum Gasteiger partial charge on any atom is 0.242 e. The highest BCUT2D eigenvalue weighted by atomic mass is 79.9. The first-order valence-electron chi connectivity index (χ1n) is 6.52. The summed E-state index contributed by atoms with van der Waals surface area (Å²) in [4.78, 5) is 12.2. The minimum atomic E-state index is -3.73. The highest BCUT2D eigenvalue weighted by Gasteiger charge is 2.21. The number of amides is 1. The largest absolute Gasteiger partial charge is 0.325 e. The topological polar surface area (TPSA) is 75.3 Å². The van der Waals surface area contributed by atoms with Crippen molar-refractivity contribution < 1.29 is 13.2 Å². The molecule has 0 bridgehead atoms. The molecule has 5 nitrogen and oxygen atoms in total. The molecule has 0 heterocycles. The van der Waals surface area contributed by atoms with Gasteiger partial charge in [-0.3, -0.25) is 4.79 Å². The van der Waals surface area contributed by atoms with Gasteiger partial charge in [0.2, 0.25) is 15.9 Å². The lowest BCUT2D eigenvalue weighted by atomic mass is 10.3. The molecular formula is C15H15BrN2O3S. The Bertz CT molecular complexity index is 763. The normalized spacial score (nSPS) is 12.6. The Kier molecular flexibility index (Phi) is 5.33. The lowest BCUT2D eigenvalue weighted by Crippen LogP contribution is -2.41. The van der Waals surface area contributed by atoms with Crippen LogP contribution >= 0.6 is 15.9 Å². The molecule has 22 heavy (non-hydrogen) atoms. The van der Waals surface area contributed by atoms with E-state index in [9.17, 15) is 13.2 Å². The van der Waals surface area contributed by atoms with Crippen LogP contribution < -0.4 is 10.0 Å². The van der Waals surface area contributed by atoms with Gasteiger partial charge >= 0.3 is 0 Å². The summed E-state index contributed by atoms with van der Waals surface area (Å²) >= 11 is 3.31. The van der Waals surface area contributed by atoms with Gasteiger partial charge in [0.05, 0.1) is 10.9 Å². The van der Waals surface area contributed by atoms with Crippen molar-refractivity contribution in [3.63, 3.8) is 0 Å². The first kappa shape index (κ1) is 16.7. The van der Waals surface area contributed by atoms with Crippen molar-refractivity contribution in [2.75, 3.05) is 5.32 Å². The van der Waals surface area contributed by atoms with Crippen LogP contribution in [0.3, 0.4) is 0 Å². The zero-order valence-corrected chi connectivity index (χ0v) is 14.2. The van der Waals surface area contributed by atoms with Crippen LogP contribution in [0, 0.1) is 0 Å². The van der Waals surface area contributed by atoms with Crippen LogP contribution in [0.15, 0.2) is 64.0 Å².